The van der Waals surface area contributed by atoms with E-state index in [1.807, 2.05) is 11.0 Å². The molecule has 1 aromatic carbocycles. The van der Waals surface area contributed by atoms with Crippen molar-refractivity contribution in [3.05, 3.63) is 42.0 Å². The van der Waals surface area contributed by atoms with Gasteiger partial charge in [-0.2, -0.15) is 0 Å². The number of carbonyl (C=O) groups excluding carboxylic acids is 1. The molecule has 2 amide bonds. The highest BCUT2D eigenvalue weighted by Crippen LogP contribution is 2.35. The van der Waals surface area contributed by atoms with Crippen molar-refractivity contribution in [2.24, 2.45) is 0 Å². The molecule has 3 aliphatic rings. The molecule has 0 aromatic heterocycles. The number of aryl methyl sites for hydroxylation is 1. The summed E-state index contributed by atoms with van der Waals surface area (Å²) >= 11 is 0. The van der Waals surface area contributed by atoms with E-state index in [1.54, 1.807) is 0 Å². The maximum atomic E-state index is 13.0. The van der Waals surface area contributed by atoms with Gasteiger partial charge >= 0.3 is 6.03 Å². The Balaban J connectivity index is 1.66. The van der Waals surface area contributed by atoms with Crippen LogP contribution in [0.2, 0.25) is 0 Å². The lowest BCUT2D eigenvalue weighted by molar-refractivity contribution is 0.185. The molecule has 1 saturated heterocycles. The van der Waals surface area contributed by atoms with Crippen LogP contribution in [0.5, 0.6) is 0 Å². The molecule has 0 saturated carbocycles. The fourth-order valence-electron chi connectivity index (χ4n) is 3.89. The molecule has 0 aliphatic carbocycles. The molecule has 3 heterocycles. The topological polar surface area (TPSA) is 23.6 Å². The summed E-state index contributed by atoms with van der Waals surface area (Å²) in [4.78, 5) is 17.1. The van der Waals surface area contributed by atoms with Gasteiger partial charge in [0.05, 0.1) is 6.04 Å². The molecule has 1 fully saturated rings. The highest BCUT2D eigenvalue weighted by Gasteiger charge is 2.40. The van der Waals surface area contributed by atoms with Crippen LogP contribution in [0.15, 0.2) is 36.4 Å². The van der Waals surface area contributed by atoms with Crippen LogP contribution >= 0.6 is 0 Å². The van der Waals surface area contributed by atoms with Gasteiger partial charge < -0.3 is 4.90 Å². The summed E-state index contributed by atoms with van der Waals surface area (Å²) in [6, 6.07) is 9.32. The summed E-state index contributed by atoms with van der Waals surface area (Å²) in [6.45, 7) is 0.857. The molecule has 3 nitrogen and oxygen atoms in total. The Labute approximate surface area is 119 Å². The number of nitrogens with zero attached hydrogens (tertiary/aromatic N) is 2. The summed E-state index contributed by atoms with van der Waals surface area (Å²) in [5, 5.41) is 0. The molecule has 2 atom stereocenters. The largest absolute Gasteiger partial charge is 0.325 e. The molecule has 2 unspecified atom stereocenters. The van der Waals surface area contributed by atoms with E-state index in [-0.39, 0.29) is 6.03 Å². The monoisotopic (exact) mass is 268 g/mol. The van der Waals surface area contributed by atoms with E-state index in [4.69, 9.17) is 0 Å². The van der Waals surface area contributed by atoms with Gasteiger partial charge in [0.25, 0.3) is 0 Å². The maximum absolute atomic E-state index is 13.0. The first-order chi connectivity index (χ1) is 9.84. The lowest BCUT2D eigenvalue weighted by Crippen LogP contribution is -2.51. The third kappa shape index (κ3) is 1.76. The maximum Gasteiger partial charge on any atom is 0.325 e. The van der Waals surface area contributed by atoms with Gasteiger partial charge in [0.2, 0.25) is 0 Å². The Hall–Kier alpha value is -1.77. The first-order valence-electron chi connectivity index (χ1n) is 7.69. The van der Waals surface area contributed by atoms with Crippen LogP contribution in [0.1, 0.15) is 31.2 Å². The number of hydrogen-bond donors (Lipinski definition) is 0. The van der Waals surface area contributed by atoms with Gasteiger partial charge in [0.1, 0.15) is 0 Å². The highest BCUT2D eigenvalue weighted by atomic mass is 16.2. The molecule has 3 heteroatoms. The SMILES string of the molecule is O=C(N1CCCc2ccccc21)N1C2C=CCC1CC2. The Morgan fingerprint density at radius 2 is 2.10 bits per heavy atom. The third-order valence-corrected chi connectivity index (χ3v) is 4.87. The molecule has 2 bridgehead atoms. The van der Waals surface area contributed by atoms with E-state index >= 15 is 0 Å². The first-order valence-corrected chi connectivity index (χ1v) is 7.69. The standard InChI is InChI=1S/C17H20N2O/c20-17(19-14-7-3-8-15(19)11-10-14)18-12-4-6-13-5-1-2-9-16(13)18/h1-3,5,7,9,14-15H,4,6,8,10-12H2. The zero-order chi connectivity index (χ0) is 13.5. The normalized spacial score (nSPS) is 27.6. The molecule has 3 aliphatic heterocycles. The summed E-state index contributed by atoms with van der Waals surface area (Å²) in [5.41, 5.74) is 2.43. The summed E-state index contributed by atoms with van der Waals surface area (Å²) < 4.78 is 0. The zero-order valence-corrected chi connectivity index (χ0v) is 11.7. The van der Waals surface area contributed by atoms with E-state index in [0.29, 0.717) is 12.1 Å². The predicted octanol–water partition coefficient (Wildman–Crippen LogP) is 3.35. The van der Waals surface area contributed by atoms with Crippen molar-refractivity contribution in [1.29, 1.82) is 0 Å². The number of hydrogen-bond acceptors (Lipinski definition) is 1. The lowest BCUT2D eigenvalue weighted by Gasteiger charge is -2.38. The minimum Gasteiger partial charge on any atom is -0.315 e. The second-order valence-electron chi connectivity index (χ2n) is 6.04. The average Bonchev–Trinajstić information content (AvgIpc) is 2.75. The van der Waals surface area contributed by atoms with Crippen molar-refractivity contribution in [3.63, 3.8) is 0 Å². The van der Waals surface area contributed by atoms with Crippen molar-refractivity contribution >= 4 is 11.7 Å². The molecular formula is C17H20N2O. The van der Waals surface area contributed by atoms with E-state index in [2.05, 4.69) is 35.3 Å². The molecule has 4 rings (SSSR count). The van der Waals surface area contributed by atoms with Crippen molar-refractivity contribution in [2.75, 3.05) is 11.4 Å². The number of rotatable bonds is 0. The van der Waals surface area contributed by atoms with Crippen LogP contribution in [0, 0.1) is 0 Å². The second kappa shape index (κ2) is 4.65. The second-order valence-corrected chi connectivity index (χ2v) is 6.04. The van der Waals surface area contributed by atoms with E-state index in [9.17, 15) is 4.79 Å². The van der Waals surface area contributed by atoms with Crippen molar-refractivity contribution in [1.82, 2.24) is 4.90 Å². The van der Waals surface area contributed by atoms with Gasteiger partial charge in [0.15, 0.2) is 0 Å². The number of urea groups is 1. The Morgan fingerprint density at radius 3 is 3.00 bits per heavy atom. The third-order valence-electron chi connectivity index (χ3n) is 4.87. The van der Waals surface area contributed by atoms with Crippen LogP contribution in [0.4, 0.5) is 10.5 Å². The fourth-order valence-corrected chi connectivity index (χ4v) is 3.89. The summed E-state index contributed by atoms with van der Waals surface area (Å²) in [7, 11) is 0. The van der Waals surface area contributed by atoms with E-state index in [1.165, 1.54) is 5.56 Å². The number of amides is 2. The molecular weight excluding hydrogens is 248 g/mol. The highest BCUT2D eigenvalue weighted by molar-refractivity contribution is 5.94. The van der Waals surface area contributed by atoms with Gasteiger partial charge in [-0.15, -0.1) is 0 Å². The van der Waals surface area contributed by atoms with Crippen LogP contribution < -0.4 is 4.90 Å². The predicted molar refractivity (Wildman–Crippen MR) is 79.9 cm³/mol. The number of anilines is 1. The number of fused-ring (bicyclic) bond motifs is 3. The minimum atomic E-state index is 0.217. The summed E-state index contributed by atoms with van der Waals surface area (Å²) in [5.74, 6) is 0. The van der Waals surface area contributed by atoms with Crippen LogP contribution in [-0.2, 0) is 6.42 Å². The Morgan fingerprint density at radius 1 is 1.20 bits per heavy atom. The average molecular weight is 268 g/mol. The molecule has 0 radical (unpaired) electrons. The van der Waals surface area contributed by atoms with Crippen LogP contribution in [0.3, 0.4) is 0 Å². The molecule has 0 spiro atoms. The van der Waals surface area contributed by atoms with Gasteiger partial charge in [0, 0.05) is 18.3 Å². The van der Waals surface area contributed by atoms with E-state index in [0.717, 1.165) is 44.3 Å². The minimum absolute atomic E-state index is 0.217. The molecule has 20 heavy (non-hydrogen) atoms. The van der Waals surface area contributed by atoms with Gasteiger partial charge in [-0.05, 0) is 43.7 Å². The van der Waals surface area contributed by atoms with Crippen LogP contribution in [0.25, 0.3) is 0 Å². The number of carbonyl (C=O) groups is 1. The Kier molecular flexibility index (Phi) is 2.79. The Bertz CT molecular complexity index is 566. The molecule has 1 aromatic rings. The van der Waals surface area contributed by atoms with Crippen LogP contribution in [-0.4, -0.2) is 29.6 Å². The fraction of sp³-hybridized carbons (Fsp3) is 0.471. The molecule has 0 N–H and O–H groups in total. The zero-order valence-electron chi connectivity index (χ0n) is 11.7. The van der Waals surface area contributed by atoms with E-state index < -0.39 is 0 Å². The van der Waals surface area contributed by atoms with Crippen molar-refractivity contribution in [3.8, 4) is 0 Å². The van der Waals surface area contributed by atoms with Crippen molar-refractivity contribution < 1.29 is 4.79 Å². The van der Waals surface area contributed by atoms with Gasteiger partial charge in [-0.25, -0.2) is 4.79 Å². The van der Waals surface area contributed by atoms with Crippen molar-refractivity contribution in [2.45, 2.75) is 44.2 Å². The van der Waals surface area contributed by atoms with Gasteiger partial charge in [-0.3, -0.25) is 4.90 Å². The molecule has 104 valence electrons. The quantitative estimate of drug-likeness (QED) is 0.662. The first kappa shape index (κ1) is 12.0. The number of benzene rings is 1. The lowest BCUT2D eigenvalue weighted by atomic mass is 10.0. The summed E-state index contributed by atoms with van der Waals surface area (Å²) in [6.07, 6.45) is 9.93. The smallest absolute Gasteiger partial charge is 0.315 e. The van der Waals surface area contributed by atoms with Gasteiger partial charge in [-0.1, -0.05) is 30.4 Å². The number of para-hydroxylation sites is 1.